The average molecular weight is 462 g/mol. The molecule has 0 fully saturated rings. The highest BCUT2D eigenvalue weighted by molar-refractivity contribution is 7.89. The second-order valence-corrected chi connectivity index (χ2v) is 9.99. The van der Waals surface area contributed by atoms with Crippen LogP contribution in [0.15, 0.2) is 52.7 Å². The van der Waals surface area contributed by atoms with Gasteiger partial charge in [0.05, 0.1) is 28.4 Å². The number of nitrogens with one attached hydrogen (secondary N) is 1. The molecule has 0 aliphatic carbocycles. The first-order valence-electron chi connectivity index (χ1n) is 9.26. The van der Waals surface area contributed by atoms with E-state index in [-0.39, 0.29) is 10.6 Å². The van der Waals surface area contributed by atoms with Crippen LogP contribution in [0.5, 0.6) is 11.5 Å². The molecule has 0 unspecified atom stereocenters. The summed E-state index contributed by atoms with van der Waals surface area (Å²) in [4.78, 5) is 17.2. The second kappa shape index (κ2) is 9.46. The smallest absolute Gasteiger partial charge is 0.255 e. The van der Waals surface area contributed by atoms with E-state index in [4.69, 9.17) is 9.47 Å². The van der Waals surface area contributed by atoms with Gasteiger partial charge in [-0.25, -0.2) is 17.7 Å². The van der Waals surface area contributed by atoms with Crippen LogP contribution < -0.4 is 14.8 Å². The van der Waals surface area contributed by atoms with Gasteiger partial charge in [-0.15, -0.1) is 11.3 Å². The Balaban J connectivity index is 1.79. The summed E-state index contributed by atoms with van der Waals surface area (Å²) in [6, 6.07) is 11.0. The normalized spacial score (nSPS) is 11.4. The molecule has 1 amide bonds. The van der Waals surface area contributed by atoms with E-state index in [1.807, 2.05) is 12.3 Å². The molecule has 0 radical (unpaired) electrons. The molecular formula is C21H23N3O5S2. The second-order valence-electron chi connectivity index (χ2n) is 6.78. The number of sulfonamides is 1. The van der Waals surface area contributed by atoms with Crippen molar-refractivity contribution in [1.82, 2.24) is 9.29 Å². The zero-order valence-corrected chi connectivity index (χ0v) is 19.2. The number of methoxy groups -OCH3 is 1. The molecule has 8 nitrogen and oxygen atoms in total. The number of aromatic nitrogens is 1. The highest BCUT2D eigenvalue weighted by Gasteiger charge is 2.20. The lowest BCUT2D eigenvalue weighted by atomic mass is 10.2. The zero-order valence-electron chi connectivity index (χ0n) is 17.6. The summed E-state index contributed by atoms with van der Waals surface area (Å²) >= 11 is 1.54. The summed E-state index contributed by atoms with van der Waals surface area (Å²) in [5.41, 5.74) is 1.43. The maximum atomic E-state index is 12.8. The van der Waals surface area contributed by atoms with Crippen molar-refractivity contribution in [1.29, 1.82) is 0 Å². The van der Waals surface area contributed by atoms with E-state index >= 15 is 0 Å². The van der Waals surface area contributed by atoms with E-state index in [1.54, 1.807) is 35.6 Å². The maximum Gasteiger partial charge on any atom is 0.255 e. The molecule has 0 aliphatic rings. The van der Waals surface area contributed by atoms with Gasteiger partial charge in [-0.2, -0.15) is 0 Å². The van der Waals surface area contributed by atoms with E-state index in [1.165, 1.54) is 39.4 Å². The van der Waals surface area contributed by atoms with E-state index in [9.17, 15) is 13.2 Å². The molecule has 10 heteroatoms. The molecule has 3 rings (SSSR count). The highest BCUT2D eigenvalue weighted by atomic mass is 32.2. The summed E-state index contributed by atoms with van der Waals surface area (Å²) in [7, 11) is 0.664. The molecule has 0 saturated carbocycles. The number of anilines is 1. The van der Waals surface area contributed by atoms with Crippen LogP contribution in [0.3, 0.4) is 0 Å². The topological polar surface area (TPSA) is 97.8 Å². The third-order valence-electron chi connectivity index (χ3n) is 4.35. The van der Waals surface area contributed by atoms with Crippen molar-refractivity contribution in [2.24, 2.45) is 0 Å². The number of nitrogens with zero attached hydrogens (tertiary/aromatic N) is 2. The number of hydrogen-bond acceptors (Lipinski definition) is 7. The Labute approximate surface area is 185 Å². The Hall–Kier alpha value is -2.95. The number of aryl methyl sites for hydroxylation is 1. The van der Waals surface area contributed by atoms with E-state index in [2.05, 4.69) is 10.3 Å². The van der Waals surface area contributed by atoms with Gasteiger partial charge in [-0.05, 0) is 43.3 Å². The Morgan fingerprint density at radius 2 is 1.97 bits per heavy atom. The first-order chi connectivity index (χ1) is 14.7. The molecule has 0 atom stereocenters. The van der Waals surface area contributed by atoms with Gasteiger partial charge in [-0.3, -0.25) is 4.79 Å². The lowest BCUT2D eigenvalue weighted by Crippen LogP contribution is -2.22. The number of ether oxygens (including phenoxy) is 2. The van der Waals surface area contributed by atoms with Crippen LogP contribution in [-0.4, -0.2) is 44.8 Å². The molecule has 2 aromatic carbocycles. The van der Waals surface area contributed by atoms with Crippen LogP contribution in [-0.2, 0) is 16.6 Å². The highest BCUT2D eigenvalue weighted by Crippen LogP contribution is 2.29. The summed E-state index contributed by atoms with van der Waals surface area (Å²) in [6.07, 6.45) is 0. The fourth-order valence-corrected chi connectivity index (χ4v) is 4.24. The fourth-order valence-electron chi connectivity index (χ4n) is 2.71. The lowest BCUT2D eigenvalue weighted by molar-refractivity contribution is 0.102. The average Bonchev–Trinajstić information content (AvgIpc) is 3.17. The third-order valence-corrected chi connectivity index (χ3v) is 6.98. The van der Waals surface area contributed by atoms with Crippen LogP contribution >= 0.6 is 11.3 Å². The summed E-state index contributed by atoms with van der Waals surface area (Å²) in [5.74, 6) is 0.444. The van der Waals surface area contributed by atoms with Crippen molar-refractivity contribution in [2.45, 2.75) is 18.4 Å². The van der Waals surface area contributed by atoms with Gasteiger partial charge in [0, 0.05) is 25.0 Å². The molecular weight excluding hydrogens is 438 g/mol. The largest absolute Gasteiger partial charge is 0.495 e. The van der Waals surface area contributed by atoms with Crippen LogP contribution in [0.25, 0.3) is 0 Å². The van der Waals surface area contributed by atoms with Crippen LogP contribution in [0.2, 0.25) is 0 Å². The zero-order chi connectivity index (χ0) is 22.6. The molecule has 1 aromatic heterocycles. The minimum Gasteiger partial charge on any atom is -0.495 e. The number of carbonyl (C=O) groups is 1. The minimum atomic E-state index is -3.66. The van der Waals surface area contributed by atoms with Crippen molar-refractivity contribution in [3.05, 3.63) is 64.1 Å². The Morgan fingerprint density at radius 3 is 2.61 bits per heavy atom. The van der Waals surface area contributed by atoms with Crippen LogP contribution in [0.4, 0.5) is 5.69 Å². The molecule has 3 aromatic rings. The molecule has 164 valence electrons. The van der Waals surface area contributed by atoms with Gasteiger partial charge < -0.3 is 14.8 Å². The van der Waals surface area contributed by atoms with E-state index < -0.39 is 15.9 Å². The Bertz CT molecular complexity index is 1190. The summed E-state index contributed by atoms with van der Waals surface area (Å²) < 4.78 is 37.0. The molecule has 1 N–H and O–H groups in total. The SMILES string of the molecule is COc1ccc(S(=O)(=O)N(C)C)cc1NC(=O)c1cccc(OCc2csc(C)n2)c1. The minimum absolute atomic E-state index is 0.0456. The van der Waals surface area contributed by atoms with E-state index in [0.717, 1.165) is 15.0 Å². The third kappa shape index (κ3) is 5.40. The quantitative estimate of drug-likeness (QED) is 0.551. The van der Waals surface area contributed by atoms with Crippen LogP contribution in [0.1, 0.15) is 21.1 Å². The predicted molar refractivity (Wildman–Crippen MR) is 119 cm³/mol. The number of thiazole rings is 1. The van der Waals surface area contributed by atoms with Crippen LogP contribution in [0, 0.1) is 6.92 Å². The summed E-state index contributed by atoms with van der Waals surface area (Å²) in [6.45, 7) is 2.22. The molecule has 0 spiro atoms. The van der Waals surface area contributed by atoms with Crippen molar-refractivity contribution < 1.29 is 22.7 Å². The molecule has 1 heterocycles. The summed E-state index contributed by atoms with van der Waals surface area (Å²) in [5, 5.41) is 5.60. The van der Waals surface area contributed by atoms with Gasteiger partial charge >= 0.3 is 0 Å². The van der Waals surface area contributed by atoms with Crippen molar-refractivity contribution >= 4 is 33.0 Å². The van der Waals surface area contributed by atoms with Gasteiger partial charge in [0.15, 0.2) is 0 Å². The van der Waals surface area contributed by atoms with Gasteiger partial charge in [0.2, 0.25) is 10.0 Å². The molecule has 31 heavy (non-hydrogen) atoms. The molecule has 0 bridgehead atoms. The van der Waals surface area contributed by atoms with E-state index in [0.29, 0.717) is 23.7 Å². The number of amides is 1. The van der Waals surface area contributed by atoms with Crippen molar-refractivity contribution in [3.8, 4) is 11.5 Å². The number of hydrogen-bond donors (Lipinski definition) is 1. The first-order valence-corrected chi connectivity index (χ1v) is 11.6. The number of carbonyl (C=O) groups excluding carboxylic acids is 1. The Kier molecular flexibility index (Phi) is 6.94. The fraction of sp³-hybridized carbons (Fsp3) is 0.238. The number of rotatable bonds is 8. The van der Waals surface area contributed by atoms with Gasteiger partial charge in [-0.1, -0.05) is 6.07 Å². The lowest BCUT2D eigenvalue weighted by Gasteiger charge is -2.15. The van der Waals surface area contributed by atoms with Gasteiger partial charge in [0.25, 0.3) is 5.91 Å². The monoisotopic (exact) mass is 461 g/mol. The standard InChI is InChI=1S/C21H23N3O5S2/c1-14-22-16(13-30-14)12-29-17-7-5-6-15(10-17)21(25)23-19-11-18(8-9-20(19)28-4)31(26,27)24(2)3/h5-11,13H,12H2,1-4H3,(H,23,25). The first kappa shape index (κ1) is 22.7. The molecule has 0 aliphatic heterocycles. The number of benzene rings is 2. The maximum absolute atomic E-state index is 12.8. The Morgan fingerprint density at radius 1 is 1.19 bits per heavy atom. The molecule has 0 saturated heterocycles. The van der Waals surface area contributed by atoms with Crippen molar-refractivity contribution in [2.75, 3.05) is 26.5 Å². The van der Waals surface area contributed by atoms with Gasteiger partial charge in [0.1, 0.15) is 18.1 Å². The predicted octanol–water partition coefficient (Wildman–Crippen LogP) is 3.54. The van der Waals surface area contributed by atoms with Crippen molar-refractivity contribution in [3.63, 3.8) is 0 Å².